The van der Waals surface area contributed by atoms with Crippen molar-refractivity contribution in [2.45, 2.75) is 13.0 Å². The van der Waals surface area contributed by atoms with Crippen LogP contribution < -0.4 is 4.74 Å². The van der Waals surface area contributed by atoms with Gasteiger partial charge in [-0.3, -0.25) is 0 Å². The van der Waals surface area contributed by atoms with E-state index >= 15 is 0 Å². The molecule has 10 heteroatoms. The molecule has 0 aliphatic rings. The van der Waals surface area contributed by atoms with E-state index in [1.54, 1.807) is 37.3 Å². The van der Waals surface area contributed by atoms with Gasteiger partial charge in [-0.25, -0.2) is 9.18 Å². The van der Waals surface area contributed by atoms with Crippen molar-refractivity contribution in [1.29, 1.82) is 0 Å². The van der Waals surface area contributed by atoms with Gasteiger partial charge >= 0.3 is 5.97 Å². The Labute approximate surface area is 185 Å². The van der Waals surface area contributed by atoms with Gasteiger partial charge in [0.15, 0.2) is 5.71 Å². The van der Waals surface area contributed by atoms with Gasteiger partial charge in [0.2, 0.25) is 0 Å². The molecule has 1 atom stereocenters. The number of oxime groups is 3. The number of carbonyl (C=O) groups is 1. The number of halogens is 1. The summed E-state index contributed by atoms with van der Waals surface area (Å²) in [4.78, 5) is 27.2. The zero-order valence-electron chi connectivity index (χ0n) is 18.4. The third-order valence-corrected chi connectivity index (χ3v) is 4.25. The number of hydrogen-bond acceptors (Lipinski definition) is 9. The Hall–Kier alpha value is -3.95. The average Bonchev–Trinajstić information content (AvgIpc) is 2.81. The van der Waals surface area contributed by atoms with Crippen LogP contribution in [0, 0.1) is 5.82 Å². The molecule has 170 valence electrons. The van der Waals surface area contributed by atoms with Gasteiger partial charge in [0.25, 0.3) is 0 Å². The molecule has 0 saturated heterocycles. The molecule has 0 radical (unpaired) electrons. The topological polar surface area (TPSA) is 100 Å². The highest BCUT2D eigenvalue weighted by Gasteiger charge is 2.22. The van der Waals surface area contributed by atoms with Crippen LogP contribution in [0.4, 0.5) is 4.39 Å². The van der Waals surface area contributed by atoms with Crippen LogP contribution in [0.25, 0.3) is 0 Å². The lowest BCUT2D eigenvalue weighted by molar-refractivity contribution is -0.132. The van der Waals surface area contributed by atoms with Gasteiger partial charge in [-0.15, -0.1) is 0 Å². The second-order valence-electron chi connectivity index (χ2n) is 6.19. The molecule has 1 unspecified atom stereocenters. The minimum atomic E-state index is -0.667. The average molecular weight is 445 g/mol. The Morgan fingerprint density at radius 3 is 2.34 bits per heavy atom. The fourth-order valence-electron chi connectivity index (χ4n) is 2.75. The first kappa shape index (κ1) is 24.3. The van der Waals surface area contributed by atoms with E-state index in [9.17, 15) is 9.18 Å². The maximum Gasteiger partial charge on any atom is 0.360 e. The Kier molecular flexibility index (Phi) is 9.15. The molecular weight excluding hydrogens is 421 g/mol. The Morgan fingerprint density at radius 2 is 1.72 bits per heavy atom. The molecule has 0 bridgehead atoms. The van der Waals surface area contributed by atoms with Crippen molar-refractivity contribution in [2.24, 2.45) is 15.5 Å². The highest BCUT2D eigenvalue weighted by molar-refractivity contribution is 6.43. The molecule has 0 aliphatic carbocycles. The summed E-state index contributed by atoms with van der Waals surface area (Å²) in [6, 6.07) is 11.2. The summed E-state index contributed by atoms with van der Waals surface area (Å²) in [5, 5.41) is 11.5. The van der Waals surface area contributed by atoms with E-state index in [2.05, 4.69) is 15.5 Å². The van der Waals surface area contributed by atoms with E-state index in [4.69, 9.17) is 24.0 Å². The zero-order chi connectivity index (χ0) is 23.5. The van der Waals surface area contributed by atoms with Gasteiger partial charge in [0.1, 0.15) is 37.6 Å². The van der Waals surface area contributed by atoms with Crippen LogP contribution >= 0.6 is 0 Å². The van der Waals surface area contributed by atoms with Gasteiger partial charge in [-0.1, -0.05) is 39.7 Å². The number of methoxy groups -OCH3 is 2. The fraction of sp³-hybridized carbons (Fsp3) is 0.273. The summed E-state index contributed by atoms with van der Waals surface area (Å²) < 4.78 is 24.2. The monoisotopic (exact) mass is 445 g/mol. The molecule has 0 saturated carbocycles. The largest absolute Gasteiger partial charge is 0.497 e. The molecule has 0 aliphatic heterocycles. The molecule has 0 fully saturated rings. The fourth-order valence-corrected chi connectivity index (χ4v) is 2.75. The van der Waals surface area contributed by atoms with Crippen LogP contribution in [0.15, 0.2) is 57.9 Å². The molecule has 2 aromatic rings. The van der Waals surface area contributed by atoms with Crippen LogP contribution in [0.3, 0.4) is 0 Å². The molecule has 2 rings (SSSR count). The third kappa shape index (κ3) is 6.03. The van der Waals surface area contributed by atoms with E-state index in [0.717, 1.165) is 0 Å². The summed E-state index contributed by atoms with van der Waals surface area (Å²) >= 11 is 0. The van der Waals surface area contributed by atoms with Crippen molar-refractivity contribution in [1.82, 2.24) is 0 Å². The van der Waals surface area contributed by atoms with E-state index in [1.807, 2.05) is 0 Å². The number of rotatable bonds is 10. The Balaban J connectivity index is 2.28. The molecule has 0 spiro atoms. The third-order valence-electron chi connectivity index (χ3n) is 4.25. The van der Waals surface area contributed by atoms with E-state index in [1.165, 1.54) is 46.8 Å². The van der Waals surface area contributed by atoms with E-state index < -0.39 is 17.9 Å². The lowest BCUT2D eigenvalue weighted by atomic mass is 9.99. The van der Waals surface area contributed by atoms with Gasteiger partial charge < -0.3 is 24.0 Å². The maximum absolute atomic E-state index is 14.4. The summed E-state index contributed by atoms with van der Waals surface area (Å²) in [5.74, 6) is -0.872. The molecule has 0 N–H and O–H groups in total. The lowest BCUT2D eigenvalue weighted by Gasteiger charge is -2.15. The first-order valence-corrected chi connectivity index (χ1v) is 9.39. The van der Waals surface area contributed by atoms with Gasteiger partial charge in [0.05, 0.1) is 20.4 Å². The first-order valence-electron chi connectivity index (χ1n) is 9.39. The number of nitrogens with zero attached hydrogens (tertiary/aromatic N) is 3. The predicted octanol–water partition coefficient (Wildman–Crippen LogP) is 3.47. The van der Waals surface area contributed by atoms with Crippen LogP contribution in [-0.4, -0.2) is 52.0 Å². The van der Waals surface area contributed by atoms with Crippen LogP contribution in [0.5, 0.6) is 5.75 Å². The highest BCUT2D eigenvalue weighted by atomic mass is 19.1. The van der Waals surface area contributed by atoms with Crippen molar-refractivity contribution in [2.75, 3.05) is 28.4 Å². The predicted molar refractivity (Wildman–Crippen MR) is 116 cm³/mol. The quantitative estimate of drug-likeness (QED) is 0.315. The van der Waals surface area contributed by atoms with Crippen molar-refractivity contribution in [3.8, 4) is 5.75 Å². The molecule has 32 heavy (non-hydrogen) atoms. The molecule has 0 amide bonds. The Morgan fingerprint density at radius 1 is 1.00 bits per heavy atom. The maximum atomic E-state index is 14.4. The summed E-state index contributed by atoms with van der Waals surface area (Å²) in [5.41, 5.74) is 1.28. The summed E-state index contributed by atoms with van der Waals surface area (Å²) in [6.45, 7) is 1.72. The minimum Gasteiger partial charge on any atom is -0.497 e. The van der Waals surface area contributed by atoms with Gasteiger partial charge in [-0.2, -0.15) is 0 Å². The van der Waals surface area contributed by atoms with E-state index in [-0.39, 0.29) is 17.0 Å². The van der Waals surface area contributed by atoms with E-state index in [0.29, 0.717) is 16.9 Å². The molecule has 0 heterocycles. The van der Waals surface area contributed by atoms with Gasteiger partial charge in [-0.05, 0) is 19.1 Å². The first-order chi connectivity index (χ1) is 15.5. The lowest BCUT2D eigenvalue weighted by Crippen LogP contribution is -2.20. The molecular formula is C22H24FN3O6. The standard InChI is InChI=1S/C22H24FN3O6/c1-14(16-8-6-7-9-17(16)21(26-31-5)22(27)29-3)32-24-13-20(25-30-4)18-11-10-15(28-2)12-19(18)23/h6-14H,1-5H3. The van der Waals surface area contributed by atoms with Crippen LogP contribution in [0.2, 0.25) is 0 Å². The second kappa shape index (κ2) is 12.0. The van der Waals surface area contributed by atoms with Crippen molar-refractivity contribution in [3.05, 3.63) is 65.0 Å². The smallest absolute Gasteiger partial charge is 0.360 e. The SMILES string of the molecule is CON=C(C=NOC(C)c1ccccc1C(=NOC)C(=O)OC)c1ccc(OC)cc1F. The summed E-state index contributed by atoms with van der Waals surface area (Å²) in [7, 11) is 5.34. The number of hydrogen-bond donors (Lipinski definition) is 0. The van der Waals surface area contributed by atoms with Crippen molar-refractivity contribution < 1.29 is 33.2 Å². The highest BCUT2D eigenvalue weighted by Crippen LogP contribution is 2.23. The zero-order valence-corrected chi connectivity index (χ0v) is 18.4. The van der Waals surface area contributed by atoms with Gasteiger partial charge in [0, 0.05) is 22.8 Å². The molecule has 2 aromatic carbocycles. The summed E-state index contributed by atoms with van der Waals surface area (Å²) in [6.07, 6.45) is 0.608. The number of carbonyl (C=O) groups excluding carboxylic acids is 1. The van der Waals surface area contributed by atoms with Crippen molar-refractivity contribution in [3.63, 3.8) is 0 Å². The normalized spacial score (nSPS) is 12.9. The minimum absolute atomic E-state index is 0.0213. The molecule has 9 nitrogen and oxygen atoms in total. The second-order valence-corrected chi connectivity index (χ2v) is 6.19. The van der Waals surface area contributed by atoms with Crippen LogP contribution in [-0.2, 0) is 24.0 Å². The van der Waals surface area contributed by atoms with Crippen LogP contribution in [0.1, 0.15) is 29.7 Å². The van der Waals surface area contributed by atoms with Crippen molar-refractivity contribution >= 4 is 23.6 Å². The molecule has 0 aromatic heterocycles. The number of ether oxygens (including phenoxy) is 2. The number of benzene rings is 2. The number of esters is 1. The Bertz CT molecular complexity index is 1020.